The Morgan fingerprint density at radius 2 is 1.62 bits per heavy atom. The van der Waals surface area contributed by atoms with Gasteiger partial charge in [-0.3, -0.25) is 0 Å². The summed E-state index contributed by atoms with van der Waals surface area (Å²) in [5.74, 6) is 1.25. The van der Waals surface area contributed by atoms with Crippen molar-refractivity contribution < 1.29 is 18.6 Å². The third-order valence-corrected chi connectivity index (χ3v) is 6.16. The molecular weight excluding hydrogens is 464 g/mol. The first-order chi connectivity index (χ1) is 17.8. The maximum Gasteiger partial charge on any atom is 0.383 e. The molecule has 2 rings (SSSR count). The third kappa shape index (κ3) is 11.5. The Hall–Kier alpha value is -2.69. The fourth-order valence-electron chi connectivity index (χ4n) is 4.12. The summed E-state index contributed by atoms with van der Waals surface area (Å²) >= 11 is 0. The van der Waals surface area contributed by atoms with Crippen molar-refractivity contribution in [3.05, 3.63) is 51.9 Å². The van der Waals surface area contributed by atoms with Crippen LogP contribution in [0.2, 0.25) is 0 Å². The van der Waals surface area contributed by atoms with E-state index in [2.05, 4.69) is 39.8 Å². The fraction of sp³-hybridized carbons (Fsp3) is 0.594. The zero-order valence-electron chi connectivity index (χ0n) is 24.0. The maximum atomic E-state index is 12.9. The highest BCUT2D eigenvalue weighted by atomic mass is 16.5. The van der Waals surface area contributed by atoms with Crippen molar-refractivity contribution in [2.24, 2.45) is 0 Å². The lowest BCUT2D eigenvalue weighted by Gasteiger charge is -2.15. The van der Waals surface area contributed by atoms with Crippen LogP contribution in [0.1, 0.15) is 106 Å². The Morgan fingerprint density at radius 1 is 0.919 bits per heavy atom. The van der Waals surface area contributed by atoms with E-state index in [0.29, 0.717) is 35.7 Å². The van der Waals surface area contributed by atoms with Crippen LogP contribution in [0.5, 0.6) is 17.2 Å². The average molecular weight is 513 g/mol. The molecule has 1 heterocycles. The maximum absolute atomic E-state index is 12.9. The monoisotopic (exact) mass is 512 g/mol. The summed E-state index contributed by atoms with van der Waals surface area (Å²) in [6.45, 7) is 13.3. The number of hydrogen-bond donors (Lipinski definition) is 0. The molecule has 0 aliphatic heterocycles. The molecule has 1 aromatic carbocycles. The second kappa shape index (κ2) is 16.9. The first-order valence-corrected chi connectivity index (χ1v) is 14.1. The van der Waals surface area contributed by atoms with Crippen molar-refractivity contribution >= 4 is 11.0 Å². The second-order valence-electron chi connectivity index (χ2n) is 10.4. The van der Waals surface area contributed by atoms with Gasteiger partial charge in [0.05, 0.1) is 18.1 Å². The number of rotatable bonds is 18. The molecule has 0 saturated carbocycles. The van der Waals surface area contributed by atoms with Crippen LogP contribution in [0.3, 0.4) is 0 Å². The molecule has 206 valence electrons. The molecule has 0 N–H and O–H groups in total. The van der Waals surface area contributed by atoms with E-state index in [9.17, 15) is 4.79 Å². The molecule has 0 bridgehead atoms. The number of benzene rings is 1. The van der Waals surface area contributed by atoms with E-state index in [1.165, 1.54) is 49.7 Å². The van der Waals surface area contributed by atoms with E-state index in [0.717, 1.165) is 25.7 Å². The van der Waals surface area contributed by atoms with Gasteiger partial charge in [-0.25, -0.2) is 4.79 Å². The summed E-state index contributed by atoms with van der Waals surface area (Å²) in [5, 5.41) is 0.706. The summed E-state index contributed by atoms with van der Waals surface area (Å²) in [7, 11) is 0. The van der Waals surface area contributed by atoms with E-state index in [-0.39, 0.29) is 11.9 Å². The molecule has 5 nitrogen and oxygen atoms in total. The predicted octanol–water partition coefficient (Wildman–Crippen LogP) is 9.17. The molecule has 37 heavy (non-hydrogen) atoms. The van der Waals surface area contributed by atoms with Gasteiger partial charge in [0.2, 0.25) is 5.75 Å². The van der Waals surface area contributed by atoms with Gasteiger partial charge in [-0.1, -0.05) is 69.1 Å². The first-order valence-electron chi connectivity index (χ1n) is 14.1. The van der Waals surface area contributed by atoms with Gasteiger partial charge in [0, 0.05) is 6.07 Å². The lowest BCUT2D eigenvalue weighted by atomic mass is 10.1. The number of hydrogen-bond acceptors (Lipinski definition) is 5. The van der Waals surface area contributed by atoms with Gasteiger partial charge in [-0.15, -0.1) is 0 Å². The van der Waals surface area contributed by atoms with Crippen molar-refractivity contribution in [2.75, 3.05) is 13.2 Å². The molecule has 0 aliphatic carbocycles. The molecule has 0 saturated heterocycles. The minimum atomic E-state index is -0.520. The van der Waals surface area contributed by atoms with Crippen LogP contribution >= 0.6 is 0 Å². The molecule has 1 aromatic heterocycles. The topological polar surface area (TPSA) is 57.9 Å². The molecular formula is C32H48O5. The molecule has 0 spiro atoms. The van der Waals surface area contributed by atoms with Crippen molar-refractivity contribution in [2.45, 2.75) is 112 Å². The molecule has 0 aliphatic rings. The van der Waals surface area contributed by atoms with Crippen molar-refractivity contribution in [3.63, 3.8) is 0 Å². The van der Waals surface area contributed by atoms with Crippen LogP contribution in [0.4, 0.5) is 0 Å². The predicted molar refractivity (Wildman–Crippen MR) is 154 cm³/mol. The molecule has 2 aromatic rings. The Morgan fingerprint density at radius 3 is 2.30 bits per heavy atom. The van der Waals surface area contributed by atoms with Gasteiger partial charge in [-0.2, -0.15) is 0 Å². The largest absolute Gasteiger partial charge is 0.491 e. The van der Waals surface area contributed by atoms with E-state index < -0.39 is 5.63 Å². The van der Waals surface area contributed by atoms with Crippen LogP contribution in [0.15, 0.2) is 50.7 Å². The Bertz CT molecular complexity index is 1060. The molecule has 0 unspecified atom stereocenters. The van der Waals surface area contributed by atoms with Crippen LogP contribution in [-0.4, -0.2) is 19.3 Å². The van der Waals surface area contributed by atoms with Crippen LogP contribution in [0, 0.1) is 0 Å². The quantitative estimate of drug-likeness (QED) is 0.113. The zero-order valence-corrected chi connectivity index (χ0v) is 24.0. The Labute approximate surface area is 223 Å². The molecule has 0 amide bonds. The lowest BCUT2D eigenvalue weighted by molar-refractivity contribution is 0.242. The van der Waals surface area contributed by atoms with Crippen LogP contribution in [0.25, 0.3) is 11.0 Å². The highest BCUT2D eigenvalue weighted by Gasteiger charge is 2.18. The van der Waals surface area contributed by atoms with E-state index >= 15 is 0 Å². The minimum Gasteiger partial charge on any atom is -0.491 e. The van der Waals surface area contributed by atoms with E-state index in [1.807, 2.05) is 26.0 Å². The van der Waals surface area contributed by atoms with Gasteiger partial charge in [0.25, 0.3) is 0 Å². The molecule has 0 radical (unpaired) electrons. The van der Waals surface area contributed by atoms with Crippen molar-refractivity contribution in [3.8, 4) is 17.2 Å². The Balaban J connectivity index is 2.13. The number of unbranched alkanes of at least 4 members (excludes halogenated alkanes) is 7. The summed E-state index contributed by atoms with van der Waals surface area (Å²) < 4.78 is 23.6. The highest BCUT2D eigenvalue weighted by Crippen LogP contribution is 2.35. The van der Waals surface area contributed by atoms with Gasteiger partial charge >= 0.3 is 5.63 Å². The zero-order chi connectivity index (χ0) is 27.0. The fourth-order valence-corrected chi connectivity index (χ4v) is 4.12. The van der Waals surface area contributed by atoms with Gasteiger partial charge in [0.15, 0.2) is 5.75 Å². The van der Waals surface area contributed by atoms with Crippen LogP contribution in [-0.2, 0) is 0 Å². The number of ether oxygens (including phenoxy) is 3. The standard InChI is InChI=1S/C32H48O5/c1-7-8-9-10-11-12-13-14-21-34-31-30(35-22-20-26(6)17-15-16-24(2)3)28-19-18-27(36-25(4)5)23-29(28)37-32(31)33/h16,18-20,23,25H,7-15,17,21-22H2,1-6H3. The normalized spacial score (nSPS) is 11.7. The van der Waals surface area contributed by atoms with Gasteiger partial charge in [-0.05, 0) is 72.1 Å². The molecule has 5 heteroatoms. The van der Waals surface area contributed by atoms with Crippen LogP contribution < -0.4 is 19.8 Å². The summed E-state index contributed by atoms with van der Waals surface area (Å²) in [4.78, 5) is 12.9. The van der Waals surface area contributed by atoms with Crippen molar-refractivity contribution in [1.29, 1.82) is 0 Å². The second-order valence-corrected chi connectivity index (χ2v) is 10.4. The molecule has 0 fully saturated rings. The molecule has 0 atom stereocenters. The summed E-state index contributed by atoms with van der Waals surface area (Å²) in [6.07, 6.45) is 15.9. The highest BCUT2D eigenvalue weighted by molar-refractivity contribution is 5.86. The van der Waals surface area contributed by atoms with E-state index in [4.69, 9.17) is 18.6 Å². The summed E-state index contributed by atoms with van der Waals surface area (Å²) in [6, 6.07) is 5.49. The third-order valence-electron chi connectivity index (χ3n) is 6.16. The Kier molecular flexibility index (Phi) is 14.0. The summed E-state index contributed by atoms with van der Waals surface area (Å²) in [5.41, 5.74) is 2.49. The van der Waals surface area contributed by atoms with E-state index in [1.54, 1.807) is 6.07 Å². The lowest BCUT2D eigenvalue weighted by Crippen LogP contribution is -2.12. The SMILES string of the molecule is CCCCCCCCCCOc1c(OCC=C(C)CCC=C(C)C)c2ccc(OC(C)C)cc2oc1=O. The van der Waals surface area contributed by atoms with Gasteiger partial charge in [0.1, 0.15) is 17.9 Å². The minimum absolute atomic E-state index is 0.0218. The van der Waals surface area contributed by atoms with Crippen molar-refractivity contribution in [1.82, 2.24) is 0 Å². The first kappa shape index (κ1) is 30.5. The number of fused-ring (bicyclic) bond motifs is 1. The number of allylic oxidation sites excluding steroid dienone is 3. The van der Waals surface area contributed by atoms with Gasteiger partial charge < -0.3 is 18.6 Å². The average Bonchev–Trinajstić information content (AvgIpc) is 2.83. The smallest absolute Gasteiger partial charge is 0.383 e.